The van der Waals surface area contributed by atoms with E-state index >= 15 is 0 Å². The van der Waals surface area contributed by atoms with Gasteiger partial charge in [-0.05, 0) is 137 Å². The number of rotatable bonds is 8. The first-order valence-corrected chi connectivity index (χ1v) is 24.6. The van der Waals surface area contributed by atoms with E-state index in [2.05, 4.69) is 274 Å². The Kier molecular flexibility index (Phi) is 11.6. The molecule has 0 amide bonds. The Morgan fingerprint density at radius 1 is 0.569 bits per heavy atom. The Balaban J connectivity index is 0.00000277. The van der Waals surface area contributed by atoms with Crippen LogP contribution in [0, 0.1) is 5.41 Å². The average Bonchev–Trinajstić information content (AvgIpc) is 3.74. The summed E-state index contributed by atoms with van der Waals surface area (Å²) in [4.78, 5) is 4.90. The summed E-state index contributed by atoms with van der Waals surface area (Å²) in [5.74, 6) is 0. The summed E-state index contributed by atoms with van der Waals surface area (Å²) in [6.45, 7) is 20.5. The number of aromatic nitrogens is 1. The van der Waals surface area contributed by atoms with E-state index in [1.807, 2.05) is 6.08 Å². The van der Waals surface area contributed by atoms with Crippen molar-refractivity contribution in [3.63, 3.8) is 0 Å². The second-order valence-corrected chi connectivity index (χ2v) is 19.0. The summed E-state index contributed by atoms with van der Waals surface area (Å²) in [6.07, 6.45) is 13.2. The standard InChI is InChI=1S/C67H53N3.CH3N/c1-7-22-58-53(8-2)54-40-39-47-38-37-46-23-12-16-33-59(46)69(65(47)64(54)67(58,5)6)51-28-20-24-48(42-51)44(3)41-45(4)49-25-21-29-52(43-49)70-61-35-18-14-31-56(61)63-55-30-13-17-34-60(55)68(50-26-10-9-11-27-50)62-36-19-15-32-57(62)66(63)70;1-2/h7-43H,2,4H2,1,3,5-6H3;2H,1H2/b22-7-,44-41+;. The molecule has 0 atom stereocenters. The summed E-state index contributed by atoms with van der Waals surface area (Å²) >= 11 is 0. The van der Waals surface area contributed by atoms with Gasteiger partial charge in [0.1, 0.15) is 0 Å². The molecule has 9 aromatic rings. The topological polar surface area (TPSA) is 35.3 Å². The van der Waals surface area contributed by atoms with Crippen molar-refractivity contribution in [3.8, 4) is 28.1 Å². The van der Waals surface area contributed by atoms with Crippen LogP contribution in [0.3, 0.4) is 0 Å². The number of anilines is 6. The molecule has 3 aliphatic rings. The van der Waals surface area contributed by atoms with E-state index in [1.54, 1.807) is 0 Å². The lowest BCUT2D eigenvalue weighted by Gasteiger charge is -2.34. The second-order valence-electron chi connectivity index (χ2n) is 19.0. The fraction of sp³-hybridized carbons (Fsp3) is 0.0735. The highest BCUT2D eigenvalue weighted by atomic mass is 15.2. The van der Waals surface area contributed by atoms with Crippen molar-refractivity contribution >= 4 is 80.6 Å². The molecule has 72 heavy (non-hydrogen) atoms. The third-order valence-corrected chi connectivity index (χ3v) is 14.6. The SMILES string of the molecule is C=CC1=C(/C=C\C)C(C)(C)c2c1ccc1c2N(c2cccc(/C(C)=C/C(=C)c3cccc(-n4c5c(c6ccccc64)-c4ccccc4N(c4ccccc4)c4ccccc4-5)c3)c2)c2ccccc2C=C1.C=N. The fourth-order valence-electron chi connectivity index (χ4n) is 11.5. The summed E-state index contributed by atoms with van der Waals surface area (Å²) in [6, 6.07) is 68.4. The third kappa shape index (κ3) is 7.26. The zero-order valence-electron chi connectivity index (χ0n) is 41.3. The minimum absolute atomic E-state index is 0.260. The number of hydrogen-bond donors (Lipinski definition) is 1. The summed E-state index contributed by atoms with van der Waals surface area (Å²) in [5, 5.41) is 6.71. The number of fused-ring (bicyclic) bond motifs is 11. The molecule has 2 aliphatic heterocycles. The van der Waals surface area contributed by atoms with Crippen LogP contribution in [0.5, 0.6) is 0 Å². The Morgan fingerprint density at radius 3 is 1.94 bits per heavy atom. The highest BCUT2D eigenvalue weighted by Crippen LogP contribution is 2.57. The minimum Gasteiger partial charge on any atom is -0.317 e. The van der Waals surface area contributed by atoms with Crippen LogP contribution in [-0.2, 0) is 5.41 Å². The zero-order chi connectivity index (χ0) is 49.7. The van der Waals surface area contributed by atoms with Crippen LogP contribution in [0.15, 0.2) is 231 Å². The van der Waals surface area contributed by atoms with Crippen molar-refractivity contribution in [2.75, 3.05) is 9.80 Å². The van der Waals surface area contributed by atoms with Crippen LogP contribution in [0.1, 0.15) is 61.1 Å². The molecular weight excluding hydrogens is 873 g/mol. The maximum atomic E-state index is 5.50. The number of nitrogens with zero attached hydrogens (tertiary/aromatic N) is 3. The zero-order valence-corrected chi connectivity index (χ0v) is 41.3. The summed E-state index contributed by atoms with van der Waals surface area (Å²) < 4.78 is 2.46. The van der Waals surface area contributed by atoms with Gasteiger partial charge in [0.05, 0.1) is 34.0 Å². The van der Waals surface area contributed by atoms with Gasteiger partial charge in [-0.15, -0.1) is 0 Å². The van der Waals surface area contributed by atoms with Crippen LogP contribution in [0.2, 0.25) is 0 Å². The molecule has 0 saturated carbocycles. The van der Waals surface area contributed by atoms with Crippen LogP contribution in [0.4, 0.5) is 34.1 Å². The molecule has 12 rings (SSSR count). The first kappa shape index (κ1) is 45.5. The minimum atomic E-state index is -0.260. The van der Waals surface area contributed by atoms with Crippen molar-refractivity contribution in [1.29, 1.82) is 5.41 Å². The van der Waals surface area contributed by atoms with Crippen LogP contribution in [0.25, 0.3) is 67.8 Å². The number of nitrogens with one attached hydrogen (secondary N) is 1. The van der Waals surface area contributed by atoms with Gasteiger partial charge < -0.3 is 19.8 Å². The quantitative estimate of drug-likeness (QED) is 0.122. The van der Waals surface area contributed by atoms with E-state index < -0.39 is 0 Å². The van der Waals surface area contributed by atoms with E-state index in [9.17, 15) is 0 Å². The van der Waals surface area contributed by atoms with Gasteiger partial charge in [0, 0.05) is 44.6 Å². The van der Waals surface area contributed by atoms with E-state index in [0.29, 0.717) is 0 Å². The highest BCUT2D eigenvalue weighted by molar-refractivity contribution is 6.13. The molecule has 348 valence electrons. The van der Waals surface area contributed by atoms with Crippen LogP contribution in [-0.4, -0.2) is 11.3 Å². The highest BCUT2D eigenvalue weighted by Gasteiger charge is 2.41. The number of hydrogen-bond acceptors (Lipinski definition) is 3. The largest absolute Gasteiger partial charge is 0.317 e. The molecule has 1 aliphatic carbocycles. The number of allylic oxidation sites excluding steroid dienone is 8. The Hall–Kier alpha value is -8.99. The van der Waals surface area contributed by atoms with Gasteiger partial charge in [-0.25, -0.2) is 0 Å². The fourth-order valence-corrected chi connectivity index (χ4v) is 11.5. The predicted molar refractivity (Wildman–Crippen MR) is 310 cm³/mol. The molecule has 1 aromatic heterocycles. The third-order valence-electron chi connectivity index (χ3n) is 14.6. The van der Waals surface area contributed by atoms with E-state index in [0.717, 1.165) is 61.9 Å². The van der Waals surface area contributed by atoms with Gasteiger partial charge in [-0.1, -0.05) is 191 Å². The van der Waals surface area contributed by atoms with Crippen molar-refractivity contribution in [2.24, 2.45) is 0 Å². The number of benzene rings is 8. The van der Waals surface area contributed by atoms with E-state index in [1.165, 1.54) is 66.9 Å². The first-order valence-electron chi connectivity index (χ1n) is 24.6. The molecular formula is C68H56N4. The lowest BCUT2D eigenvalue weighted by Crippen LogP contribution is -2.22. The van der Waals surface area contributed by atoms with Gasteiger partial charge in [0.2, 0.25) is 0 Å². The molecule has 0 bridgehead atoms. The lowest BCUT2D eigenvalue weighted by atomic mass is 9.79. The Labute approximate surface area is 424 Å². The molecule has 0 spiro atoms. The second kappa shape index (κ2) is 18.4. The molecule has 8 aromatic carbocycles. The summed E-state index contributed by atoms with van der Waals surface area (Å²) in [5.41, 5.74) is 25.3. The maximum absolute atomic E-state index is 5.50. The monoisotopic (exact) mass is 928 g/mol. The van der Waals surface area contributed by atoms with Crippen molar-refractivity contribution in [3.05, 3.63) is 264 Å². The lowest BCUT2D eigenvalue weighted by molar-refractivity contribution is 0.654. The van der Waals surface area contributed by atoms with Crippen molar-refractivity contribution in [2.45, 2.75) is 33.1 Å². The number of para-hydroxylation sites is 5. The van der Waals surface area contributed by atoms with E-state index in [-0.39, 0.29) is 5.41 Å². The molecule has 0 fully saturated rings. The Bertz CT molecular complexity index is 3780. The Morgan fingerprint density at radius 2 is 1.18 bits per heavy atom. The molecule has 0 radical (unpaired) electrons. The first-order chi connectivity index (χ1) is 35.3. The molecule has 4 nitrogen and oxygen atoms in total. The molecule has 3 heterocycles. The van der Waals surface area contributed by atoms with E-state index in [4.69, 9.17) is 12.0 Å². The van der Waals surface area contributed by atoms with Gasteiger partial charge >= 0.3 is 0 Å². The smallest absolute Gasteiger partial charge is 0.0641 e. The summed E-state index contributed by atoms with van der Waals surface area (Å²) in [7, 11) is 0. The van der Waals surface area contributed by atoms with Crippen LogP contribution < -0.4 is 9.80 Å². The van der Waals surface area contributed by atoms with Gasteiger partial charge in [0.25, 0.3) is 0 Å². The predicted octanol–water partition coefficient (Wildman–Crippen LogP) is 18.9. The van der Waals surface area contributed by atoms with Gasteiger partial charge in [-0.3, -0.25) is 0 Å². The maximum Gasteiger partial charge on any atom is 0.0641 e. The molecule has 1 N–H and O–H groups in total. The van der Waals surface area contributed by atoms with Crippen molar-refractivity contribution < 1.29 is 0 Å². The van der Waals surface area contributed by atoms with Crippen LogP contribution >= 0.6 is 0 Å². The average molecular weight is 929 g/mol. The normalized spacial score (nSPS) is 14.0. The molecule has 0 unspecified atom stereocenters. The van der Waals surface area contributed by atoms with Crippen molar-refractivity contribution in [1.82, 2.24) is 4.57 Å². The molecule has 0 saturated heterocycles. The van der Waals surface area contributed by atoms with Gasteiger partial charge in [0.15, 0.2) is 0 Å². The van der Waals surface area contributed by atoms with Gasteiger partial charge in [-0.2, -0.15) is 0 Å². The molecule has 4 heteroatoms.